The summed E-state index contributed by atoms with van der Waals surface area (Å²) in [4.78, 5) is 21.4. The van der Waals surface area contributed by atoms with Crippen molar-refractivity contribution in [2.75, 3.05) is 0 Å². The van der Waals surface area contributed by atoms with E-state index in [0.29, 0.717) is 5.39 Å². The fraction of sp³-hybridized carbons (Fsp3) is 0. The third-order valence-electron chi connectivity index (χ3n) is 2.32. The van der Waals surface area contributed by atoms with E-state index in [1.54, 1.807) is 12.1 Å². The number of hydrogen-bond donors (Lipinski definition) is 1. The van der Waals surface area contributed by atoms with Gasteiger partial charge in [-0.05, 0) is 34.5 Å². The molecule has 1 N–H and O–H groups in total. The lowest BCUT2D eigenvalue weighted by Gasteiger charge is -2.05. The van der Waals surface area contributed by atoms with E-state index in [4.69, 9.17) is 5.11 Å². The third-order valence-corrected chi connectivity index (χ3v) is 2.32. The molecule has 0 saturated heterocycles. The van der Waals surface area contributed by atoms with Crippen molar-refractivity contribution in [3.63, 3.8) is 0 Å². The van der Waals surface area contributed by atoms with E-state index in [1.165, 1.54) is 24.3 Å². The van der Waals surface area contributed by atoms with Crippen LogP contribution in [0.4, 0.5) is 0 Å². The predicted molar refractivity (Wildman–Crippen MR) is 55.2 cm³/mol. The van der Waals surface area contributed by atoms with E-state index in [1.807, 2.05) is 0 Å². The van der Waals surface area contributed by atoms with Crippen molar-refractivity contribution in [1.82, 2.24) is 0 Å². The van der Waals surface area contributed by atoms with Gasteiger partial charge in [0.2, 0.25) is 0 Å². The molecular formula is C12H7O4-. The molecule has 0 amide bonds. The third kappa shape index (κ3) is 1.72. The van der Waals surface area contributed by atoms with Crippen molar-refractivity contribution in [3.8, 4) is 0 Å². The zero-order valence-corrected chi connectivity index (χ0v) is 8.14. The van der Waals surface area contributed by atoms with Gasteiger partial charge in [0, 0.05) is 0 Å². The van der Waals surface area contributed by atoms with Gasteiger partial charge in [-0.15, -0.1) is 0 Å². The SMILES string of the molecule is O=C([O-])c1ccc2ccc(C(=O)O)cc2c1. The maximum atomic E-state index is 10.7. The standard InChI is InChI=1S/C12H8O4/c13-11(14)8-3-1-7-2-4-9(12(15)16)6-10(7)5-8/h1-6H,(H,13,14)(H,15,16)/p-1. The Balaban J connectivity index is 2.65. The second kappa shape index (κ2) is 3.66. The van der Waals surface area contributed by atoms with Crippen LogP contribution in [0.2, 0.25) is 0 Å². The fourth-order valence-corrected chi connectivity index (χ4v) is 1.51. The van der Waals surface area contributed by atoms with Crippen LogP contribution < -0.4 is 5.11 Å². The smallest absolute Gasteiger partial charge is 0.335 e. The Morgan fingerprint density at radius 3 is 2.06 bits per heavy atom. The van der Waals surface area contributed by atoms with Crippen LogP contribution in [0.3, 0.4) is 0 Å². The lowest BCUT2D eigenvalue weighted by Crippen LogP contribution is -2.21. The number of aromatic carboxylic acids is 2. The summed E-state index contributed by atoms with van der Waals surface area (Å²) in [7, 11) is 0. The number of rotatable bonds is 2. The summed E-state index contributed by atoms with van der Waals surface area (Å²) in [6, 6.07) is 8.99. The van der Waals surface area contributed by atoms with Crippen LogP contribution in [0.15, 0.2) is 36.4 Å². The number of carbonyl (C=O) groups is 2. The highest BCUT2D eigenvalue weighted by molar-refractivity contribution is 5.97. The lowest BCUT2D eigenvalue weighted by molar-refractivity contribution is -0.255. The molecule has 80 valence electrons. The summed E-state index contributed by atoms with van der Waals surface area (Å²) in [5.74, 6) is -2.32. The summed E-state index contributed by atoms with van der Waals surface area (Å²) < 4.78 is 0. The van der Waals surface area contributed by atoms with E-state index in [9.17, 15) is 14.7 Å². The van der Waals surface area contributed by atoms with Crippen molar-refractivity contribution in [1.29, 1.82) is 0 Å². The number of fused-ring (bicyclic) bond motifs is 1. The van der Waals surface area contributed by atoms with Gasteiger partial charge in [0.1, 0.15) is 0 Å². The summed E-state index contributed by atoms with van der Waals surface area (Å²) >= 11 is 0. The Morgan fingerprint density at radius 2 is 1.50 bits per heavy atom. The average Bonchev–Trinajstić information content (AvgIpc) is 2.27. The van der Waals surface area contributed by atoms with Gasteiger partial charge >= 0.3 is 5.97 Å². The van der Waals surface area contributed by atoms with Gasteiger partial charge in [-0.3, -0.25) is 0 Å². The highest BCUT2D eigenvalue weighted by Gasteiger charge is 2.04. The van der Waals surface area contributed by atoms with E-state index in [-0.39, 0.29) is 11.1 Å². The first-order valence-corrected chi connectivity index (χ1v) is 4.56. The molecule has 0 spiro atoms. The van der Waals surface area contributed by atoms with Crippen molar-refractivity contribution >= 4 is 22.7 Å². The molecular weight excluding hydrogens is 208 g/mol. The second-order valence-electron chi connectivity index (χ2n) is 3.37. The van der Waals surface area contributed by atoms with Crippen LogP contribution in [-0.2, 0) is 0 Å². The van der Waals surface area contributed by atoms with Gasteiger partial charge in [0.25, 0.3) is 0 Å². The lowest BCUT2D eigenvalue weighted by atomic mass is 10.0. The van der Waals surface area contributed by atoms with Gasteiger partial charge in [-0.2, -0.15) is 0 Å². The molecule has 0 radical (unpaired) electrons. The molecule has 0 aromatic heterocycles. The van der Waals surface area contributed by atoms with Crippen LogP contribution in [-0.4, -0.2) is 17.0 Å². The topological polar surface area (TPSA) is 77.4 Å². The van der Waals surface area contributed by atoms with Gasteiger partial charge in [0.05, 0.1) is 11.5 Å². The minimum Gasteiger partial charge on any atom is -0.545 e. The molecule has 2 aromatic rings. The van der Waals surface area contributed by atoms with Gasteiger partial charge in [0.15, 0.2) is 0 Å². The van der Waals surface area contributed by atoms with Crippen LogP contribution in [0.25, 0.3) is 10.8 Å². The van der Waals surface area contributed by atoms with E-state index in [0.717, 1.165) is 5.39 Å². The Bertz CT molecular complexity index is 538. The Kier molecular flexibility index (Phi) is 2.32. The average molecular weight is 215 g/mol. The fourth-order valence-electron chi connectivity index (χ4n) is 1.51. The summed E-state index contributed by atoms with van der Waals surface area (Å²) in [6.45, 7) is 0. The molecule has 0 aliphatic heterocycles. The normalized spacial score (nSPS) is 10.2. The van der Waals surface area contributed by atoms with Gasteiger partial charge in [-0.25, -0.2) is 4.79 Å². The predicted octanol–water partition coefficient (Wildman–Crippen LogP) is 0.901. The first kappa shape index (κ1) is 10.2. The zero-order chi connectivity index (χ0) is 11.7. The molecule has 0 bridgehead atoms. The molecule has 0 aliphatic rings. The van der Waals surface area contributed by atoms with Crippen molar-refractivity contribution in [3.05, 3.63) is 47.5 Å². The van der Waals surface area contributed by atoms with Gasteiger partial charge in [-0.1, -0.05) is 18.2 Å². The van der Waals surface area contributed by atoms with Crippen LogP contribution >= 0.6 is 0 Å². The quantitative estimate of drug-likeness (QED) is 0.807. The Morgan fingerprint density at radius 1 is 0.938 bits per heavy atom. The van der Waals surface area contributed by atoms with Crippen molar-refractivity contribution in [2.45, 2.75) is 0 Å². The first-order valence-electron chi connectivity index (χ1n) is 4.56. The van der Waals surface area contributed by atoms with Crippen LogP contribution in [0, 0.1) is 0 Å². The van der Waals surface area contributed by atoms with Crippen molar-refractivity contribution < 1.29 is 19.8 Å². The highest BCUT2D eigenvalue weighted by Crippen LogP contribution is 2.17. The molecule has 16 heavy (non-hydrogen) atoms. The molecule has 0 aliphatic carbocycles. The molecule has 4 nitrogen and oxygen atoms in total. The molecule has 0 heterocycles. The summed E-state index contributed by atoms with van der Waals surface area (Å²) in [6.07, 6.45) is 0. The number of benzene rings is 2. The molecule has 0 saturated carbocycles. The van der Waals surface area contributed by atoms with E-state index >= 15 is 0 Å². The maximum absolute atomic E-state index is 10.7. The summed E-state index contributed by atoms with van der Waals surface area (Å²) in [5.41, 5.74) is 0.165. The molecule has 2 aromatic carbocycles. The number of carboxylic acid groups (broad SMARTS) is 2. The highest BCUT2D eigenvalue weighted by atomic mass is 16.4. The van der Waals surface area contributed by atoms with Crippen LogP contribution in [0.5, 0.6) is 0 Å². The monoisotopic (exact) mass is 215 g/mol. The number of carboxylic acids is 2. The largest absolute Gasteiger partial charge is 0.545 e. The maximum Gasteiger partial charge on any atom is 0.335 e. The Hall–Kier alpha value is -2.36. The molecule has 4 heteroatoms. The molecule has 0 unspecified atom stereocenters. The van der Waals surface area contributed by atoms with E-state index in [2.05, 4.69) is 0 Å². The molecule has 2 rings (SSSR count). The summed E-state index contributed by atoms with van der Waals surface area (Å²) in [5, 5.41) is 20.8. The van der Waals surface area contributed by atoms with E-state index < -0.39 is 11.9 Å². The van der Waals surface area contributed by atoms with Crippen molar-refractivity contribution in [2.24, 2.45) is 0 Å². The minimum absolute atomic E-state index is 0.0371. The zero-order valence-electron chi connectivity index (χ0n) is 8.14. The second-order valence-corrected chi connectivity index (χ2v) is 3.37. The van der Waals surface area contributed by atoms with Gasteiger partial charge < -0.3 is 15.0 Å². The Labute approximate surface area is 90.8 Å². The number of hydrogen-bond acceptors (Lipinski definition) is 3. The van der Waals surface area contributed by atoms with Crippen LogP contribution in [0.1, 0.15) is 20.7 Å². The minimum atomic E-state index is -1.28. The first-order chi connectivity index (χ1) is 7.58. The molecule has 0 fully saturated rings. The number of carbonyl (C=O) groups excluding carboxylic acids is 1. The molecule has 0 atom stereocenters.